The van der Waals surface area contributed by atoms with E-state index >= 15 is 0 Å². The molecule has 2 rings (SSSR count). The van der Waals surface area contributed by atoms with Crippen LogP contribution >= 0.6 is 0 Å². The lowest BCUT2D eigenvalue weighted by Gasteiger charge is -2.31. The Bertz CT molecular complexity index is 492. The van der Waals surface area contributed by atoms with E-state index in [0.29, 0.717) is 24.7 Å². The zero-order chi connectivity index (χ0) is 15.2. The van der Waals surface area contributed by atoms with Crippen LogP contribution in [-0.2, 0) is 11.8 Å². The molecule has 1 fully saturated rings. The molecule has 116 valence electrons. The molecule has 0 bridgehead atoms. The highest BCUT2D eigenvalue weighted by Gasteiger charge is 2.20. The minimum absolute atomic E-state index is 0.0942. The van der Waals surface area contributed by atoms with E-state index < -0.39 is 5.97 Å². The number of hydrogen-bond acceptors (Lipinski definition) is 4. The number of amides is 1. The summed E-state index contributed by atoms with van der Waals surface area (Å²) in [5.74, 6) is -0.382. The van der Waals surface area contributed by atoms with Crippen LogP contribution < -0.4 is 5.32 Å². The third kappa shape index (κ3) is 4.56. The van der Waals surface area contributed by atoms with Gasteiger partial charge in [0.25, 0.3) is 5.91 Å². The first-order valence-electron chi connectivity index (χ1n) is 7.26. The number of carbonyl (C=O) groups is 2. The number of carbonyl (C=O) groups excluding carboxylic acids is 1. The average molecular weight is 294 g/mol. The molecule has 0 spiro atoms. The van der Waals surface area contributed by atoms with Gasteiger partial charge in [0.15, 0.2) is 0 Å². The Balaban J connectivity index is 1.68. The zero-order valence-electron chi connectivity index (χ0n) is 12.3. The molecule has 21 heavy (non-hydrogen) atoms. The number of hydrogen-bond donors (Lipinski definition) is 2. The van der Waals surface area contributed by atoms with E-state index in [9.17, 15) is 9.59 Å². The molecule has 1 aliphatic rings. The van der Waals surface area contributed by atoms with Gasteiger partial charge in [-0.15, -0.1) is 0 Å². The van der Waals surface area contributed by atoms with E-state index in [1.807, 2.05) is 0 Å². The highest BCUT2D eigenvalue weighted by atomic mass is 16.4. The van der Waals surface area contributed by atoms with Crippen LogP contribution in [0.5, 0.6) is 0 Å². The van der Waals surface area contributed by atoms with Gasteiger partial charge in [-0.2, -0.15) is 5.10 Å². The summed E-state index contributed by atoms with van der Waals surface area (Å²) in [4.78, 5) is 24.7. The van der Waals surface area contributed by atoms with E-state index in [-0.39, 0.29) is 12.3 Å². The molecular weight excluding hydrogens is 272 g/mol. The molecule has 1 aromatic rings. The van der Waals surface area contributed by atoms with Crippen LogP contribution in [0.4, 0.5) is 0 Å². The highest BCUT2D eigenvalue weighted by molar-refractivity contribution is 5.92. The number of nitrogens with zero attached hydrogens (tertiary/aromatic N) is 3. The molecule has 2 N–H and O–H groups in total. The van der Waals surface area contributed by atoms with Gasteiger partial charge in [-0.1, -0.05) is 0 Å². The summed E-state index contributed by atoms with van der Waals surface area (Å²) in [5, 5.41) is 15.6. The summed E-state index contributed by atoms with van der Waals surface area (Å²) in [7, 11) is 1.75. The third-order valence-electron chi connectivity index (χ3n) is 3.95. The number of nitrogens with one attached hydrogen (secondary N) is 1. The summed E-state index contributed by atoms with van der Waals surface area (Å²) in [6.07, 6.45) is 3.79. The van der Waals surface area contributed by atoms with Crippen LogP contribution in [0.25, 0.3) is 0 Å². The highest BCUT2D eigenvalue weighted by Crippen LogP contribution is 2.16. The number of carboxylic acids is 1. The van der Waals surface area contributed by atoms with Crippen LogP contribution in [0.1, 0.15) is 29.8 Å². The fraction of sp³-hybridized carbons (Fsp3) is 0.643. The second-order valence-electron chi connectivity index (χ2n) is 5.48. The SMILES string of the molecule is Cn1nccc1C(=O)NCC1CCN(CCC(=O)O)CC1. The fourth-order valence-corrected chi connectivity index (χ4v) is 2.59. The number of rotatable bonds is 6. The van der Waals surface area contributed by atoms with E-state index in [0.717, 1.165) is 25.9 Å². The van der Waals surface area contributed by atoms with Crippen molar-refractivity contribution in [3.63, 3.8) is 0 Å². The number of carboxylic acid groups (broad SMARTS) is 1. The molecule has 2 heterocycles. The Morgan fingerprint density at radius 1 is 1.43 bits per heavy atom. The molecule has 0 radical (unpaired) electrons. The summed E-state index contributed by atoms with van der Waals surface area (Å²) < 4.78 is 1.56. The van der Waals surface area contributed by atoms with Gasteiger partial charge >= 0.3 is 5.97 Å². The second kappa shape index (κ2) is 7.21. The number of aliphatic carboxylic acids is 1. The quantitative estimate of drug-likeness (QED) is 0.790. The predicted octanol–water partition coefficient (Wildman–Crippen LogP) is 0.337. The van der Waals surface area contributed by atoms with Crippen molar-refractivity contribution in [3.05, 3.63) is 18.0 Å². The maximum atomic E-state index is 12.0. The molecule has 0 atom stereocenters. The summed E-state index contributed by atoms with van der Waals surface area (Å²) in [6.45, 7) is 3.08. The first-order chi connectivity index (χ1) is 10.1. The van der Waals surface area contributed by atoms with Crippen molar-refractivity contribution in [3.8, 4) is 0 Å². The van der Waals surface area contributed by atoms with Gasteiger partial charge in [-0.05, 0) is 37.9 Å². The summed E-state index contributed by atoms with van der Waals surface area (Å²) in [5.41, 5.74) is 0.564. The molecule has 1 aliphatic heterocycles. The van der Waals surface area contributed by atoms with Gasteiger partial charge in [0, 0.05) is 26.3 Å². The van der Waals surface area contributed by atoms with Gasteiger partial charge in [0.2, 0.25) is 0 Å². The lowest BCUT2D eigenvalue weighted by Crippen LogP contribution is -2.39. The Morgan fingerprint density at radius 3 is 2.71 bits per heavy atom. The van der Waals surface area contributed by atoms with Gasteiger partial charge in [-0.25, -0.2) is 0 Å². The standard InChI is InChI=1S/C14H22N4O3/c1-17-12(2-6-16-17)14(21)15-10-11-3-7-18(8-4-11)9-5-13(19)20/h2,6,11H,3-5,7-10H2,1H3,(H,15,21)(H,19,20). The smallest absolute Gasteiger partial charge is 0.304 e. The maximum Gasteiger partial charge on any atom is 0.304 e. The first kappa shape index (κ1) is 15.5. The van der Waals surface area contributed by atoms with E-state index in [2.05, 4.69) is 15.3 Å². The van der Waals surface area contributed by atoms with Crippen molar-refractivity contribution in [1.29, 1.82) is 0 Å². The lowest BCUT2D eigenvalue weighted by atomic mass is 9.96. The average Bonchev–Trinajstić information content (AvgIpc) is 2.90. The number of piperidine rings is 1. The van der Waals surface area contributed by atoms with Crippen LogP contribution in [-0.4, -0.2) is 57.8 Å². The van der Waals surface area contributed by atoms with Gasteiger partial charge in [-0.3, -0.25) is 14.3 Å². The molecular formula is C14H22N4O3. The number of aryl methyl sites for hydroxylation is 1. The van der Waals surface area contributed by atoms with Crippen molar-refractivity contribution < 1.29 is 14.7 Å². The van der Waals surface area contributed by atoms with Crippen LogP contribution in [0.15, 0.2) is 12.3 Å². The van der Waals surface area contributed by atoms with Crippen LogP contribution in [0, 0.1) is 5.92 Å². The largest absolute Gasteiger partial charge is 0.481 e. The van der Waals surface area contributed by atoms with Crippen molar-refractivity contribution in [2.75, 3.05) is 26.2 Å². The molecule has 0 saturated carbocycles. The molecule has 1 saturated heterocycles. The summed E-state index contributed by atoms with van der Waals surface area (Å²) in [6, 6.07) is 1.70. The molecule has 0 aromatic carbocycles. The minimum atomic E-state index is -0.749. The zero-order valence-corrected chi connectivity index (χ0v) is 12.3. The number of likely N-dealkylation sites (tertiary alicyclic amines) is 1. The Kier molecular flexibility index (Phi) is 5.32. The molecule has 7 nitrogen and oxygen atoms in total. The second-order valence-corrected chi connectivity index (χ2v) is 5.48. The van der Waals surface area contributed by atoms with E-state index in [4.69, 9.17) is 5.11 Å². The lowest BCUT2D eigenvalue weighted by molar-refractivity contribution is -0.137. The topological polar surface area (TPSA) is 87.5 Å². The molecule has 1 amide bonds. The van der Waals surface area contributed by atoms with E-state index in [1.165, 1.54) is 0 Å². The Hall–Kier alpha value is -1.89. The van der Waals surface area contributed by atoms with Crippen molar-refractivity contribution >= 4 is 11.9 Å². The molecule has 1 aromatic heterocycles. The Labute approximate surface area is 123 Å². The predicted molar refractivity (Wildman–Crippen MR) is 77.0 cm³/mol. The van der Waals surface area contributed by atoms with Gasteiger partial charge in [0.1, 0.15) is 5.69 Å². The first-order valence-corrected chi connectivity index (χ1v) is 7.26. The monoisotopic (exact) mass is 294 g/mol. The van der Waals surface area contributed by atoms with Crippen LogP contribution in [0.2, 0.25) is 0 Å². The minimum Gasteiger partial charge on any atom is -0.481 e. The van der Waals surface area contributed by atoms with Crippen molar-refractivity contribution in [1.82, 2.24) is 20.0 Å². The normalized spacial score (nSPS) is 16.8. The van der Waals surface area contributed by atoms with E-state index in [1.54, 1.807) is 24.0 Å². The maximum absolute atomic E-state index is 12.0. The molecule has 7 heteroatoms. The molecule has 0 unspecified atom stereocenters. The van der Waals surface area contributed by atoms with Gasteiger partial charge in [0.05, 0.1) is 6.42 Å². The third-order valence-corrected chi connectivity index (χ3v) is 3.95. The Morgan fingerprint density at radius 2 is 2.14 bits per heavy atom. The van der Waals surface area contributed by atoms with Gasteiger partial charge < -0.3 is 15.3 Å². The van der Waals surface area contributed by atoms with Crippen molar-refractivity contribution in [2.24, 2.45) is 13.0 Å². The van der Waals surface area contributed by atoms with Crippen LogP contribution in [0.3, 0.4) is 0 Å². The molecule has 0 aliphatic carbocycles. The fourth-order valence-electron chi connectivity index (χ4n) is 2.59. The van der Waals surface area contributed by atoms with Crippen molar-refractivity contribution in [2.45, 2.75) is 19.3 Å². The summed E-state index contributed by atoms with van der Waals surface area (Å²) >= 11 is 0. The number of aromatic nitrogens is 2.